The van der Waals surface area contributed by atoms with E-state index in [2.05, 4.69) is 15.6 Å². The van der Waals surface area contributed by atoms with Crippen LogP contribution in [0.3, 0.4) is 0 Å². The van der Waals surface area contributed by atoms with E-state index in [4.69, 9.17) is 4.42 Å². The zero-order valence-electron chi connectivity index (χ0n) is 12.2. The summed E-state index contributed by atoms with van der Waals surface area (Å²) in [5.74, 6) is 0.384. The van der Waals surface area contributed by atoms with Gasteiger partial charge in [0.1, 0.15) is 11.8 Å². The van der Waals surface area contributed by atoms with Gasteiger partial charge in [-0.15, -0.1) is 11.3 Å². The molecule has 2 aromatic heterocycles. The summed E-state index contributed by atoms with van der Waals surface area (Å²) < 4.78 is 5.56. The van der Waals surface area contributed by atoms with Crippen LogP contribution in [0.25, 0.3) is 10.8 Å². The Morgan fingerprint density at radius 1 is 1.50 bits per heavy atom. The molecule has 1 aliphatic heterocycles. The molecule has 0 aromatic carbocycles. The van der Waals surface area contributed by atoms with Crippen molar-refractivity contribution in [1.29, 1.82) is 0 Å². The summed E-state index contributed by atoms with van der Waals surface area (Å²) in [5, 5.41) is 7.47. The van der Waals surface area contributed by atoms with Gasteiger partial charge in [-0.2, -0.15) is 0 Å². The summed E-state index contributed by atoms with van der Waals surface area (Å²) in [5.41, 5.74) is 0.237. The van der Waals surface area contributed by atoms with Crippen molar-refractivity contribution in [2.24, 2.45) is 0 Å². The summed E-state index contributed by atoms with van der Waals surface area (Å²) in [6.45, 7) is 2.36. The Morgan fingerprint density at radius 2 is 2.36 bits per heavy atom. The van der Waals surface area contributed by atoms with E-state index in [9.17, 15) is 9.59 Å². The third kappa shape index (κ3) is 3.04. The first-order valence-electron chi connectivity index (χ1n) is 7.25. The Balaban J connectivity index is 1.76. The molecule has 0 aliphatic carbocycles. The number of hydrogen-bond donors (Lipinski definition) is 2. The van der Waals surface area contributed by atoms with Gasteiger partial charge in [-0.05, 0) is 37.6 Å². The Labute approximate surface area is 131 Å². The van der Waals surface area contributed by atoms with Crippen LogP contribution in [0.2, 0.25) is 0 Å². The van der Waals surface area contributed by atoms with Crippen molar-refractivity contribution in [3.8, 4) is 10.8 Å². The standard InChI is InChI=1S/C15H17N3O3S/c1-9-12(18-15(21-9)11-6-4-8-22-11)14(20)17-10-5-2-3-7-16-13(10)19/h4,6,8,10H,2-3,5,7H2,1H3,(H,16,19)(H,17,20)/t10-/m1/s1. The molecule has 7 heteroatoms. The smallest absolute Gasteiger partial charge is 0.274 e. The van der Waals surface area contributed by atoms with Crippen LogP contribution in [0.4, 0.5) is 0 Å². The number of oxazole rings is 1. The predicted octanol–water partition coefficient (Wildman–Crippen LogP) is 2.11. The Bertz CT molecular complexity index is 678. The summed E-state index contributed by atoms with van der Waals surface area (Å²) in [4.78, 5) is 29.4. The second kappa shape index (κ2) is 6.31. The highest BCUT2D eigenvalue weighted by Crippen LogP contribution is 2.25. The van der Waals surface area contributed by atoms with Crippen molar-refractivity contribution in [2.45, 2.75) is 32.2 Å². The van der Waals surface area contributed by atoms with Gasteiger partial charge in [0.2, 0.25) is 11.8 Å². The first kappa shape index (κ1) is 14.8. The lowest BCUT2D eigenvalue weighted by Gasteiger charge is -2.14. The Morgan fingerprint density at radius 3 is 3.14 bits per heavy atom. The van der Waals surface area contributed by atoms with Gasteiger partial charge in [-0.1, -0.05) is 6.07 Å². The molecule has 0 spiro atoms. The highest BCUT2D eigenvalue weighted by atomic mass is 32.1. The average Bonchev–Trinajstić information content (AvgIpc) is 3.10. The van der Waals surface area contributed by atoms with Crippen LogP contribution < -0.4 is 10.6 Å². The summed E-state index contributed by atoms with van der Waals surface area (Å²) in [6, 6.07) is 3.28. The molecule has 1 saturated heterocycles. The normalized spacial score (nSPS) is 18.6. The minimum Gasteiger partial charge on any atom is -0.440 e. The average molecular weight is 319 g/mol. The topological polar surface area (TPSA) is 84.2 Å². The van der Waals surface area contributed by atoms with Crippen LogP contribution in [-0.2, 0) is 4.79 Å². The van der Waals surface area contributed by atoms with Crippen molar-refractivity contribution < 1.29 is 14.0 Å². The fourth-order valence-electron chi connectivity index (χ4n) is 2.42. The van der Waals surface area contributed by atoms with Crippen molar-refractivity contribution in [3.63, 3.8) is 0 Å². The summed E-state index contributed by atoms with van der Waals surface area (Å²) in [6.07, 6.45) is 2.48. The van der Waals surface area contributed by atoms with Gasteiger partial charge in [0, 0.05) is 6.54 Å². The SMILES string of the molecule is Cc1oc(-c2cccs2)nc1C(=O)N[C@@H]1CCCCNC1=O. The molecule has 0 radical (unpaired) electrons. The molecule has 0 saturated carbocycles. The lowest BCUT2D eigenvalue weighted by atomic mass is 10.1. The first-order chi connectivity index (χ1) is 10.6. The highest BCUT2D eigenvalue weighted by molar-refractivity contribution is 7.13. The van der Waals surface area contributed by atoms with Gasteiger partial charge in [-0.3, -0.25) is 9.59 Å². The van der Waals surface area contributed by atoms with Gasteiger partial charge >= 0.3 is 0 Å². The van der Waals surface area contributed by atoms with Crippen molar-refractivity contribution in [1.82, 2.24) is 15.6 Å². The molecular weight excluding hydrogens is 302 g/mol. The highest BCUT2D eigenvalue weighted by Gasteiger charge is 2.26. The maximum atomic E-state index is 12.4. The number of carbonyl (C=O) groups excluding carboxylic acids is 2. The van der Waals surface area contributed by atoms with E-state index in [1.165, 1.54) is 11.3 Å². The number of aryl methyl sites for hydroxylation is 1. The number of nitrogens with zero attached hydrogens (tertiary/aromatic N) is 1. The summed E-state index contributed by atoms with van der Waals surface area (Å²) >= 11 is 1.50. The molecule has 1 atom stereocenters. The fourth-order valence-corrected chi connectivity index (χ4v) is 3.07. The number of thiophene rings is 1. The van der Waals surface area contributed by atoms with Crippen LogP contribution in [-0.4, -0.2) is 29.4 Å². The van der Waals surface area contributed by atoms with Crippen LogP contribution in [0.1, 0.15) is 35.5 Å². The minimum atomic E-state index is -0.503. The van der Waals surface area contributed by atoms with E-state index >= 15 is 0 Å². The molecule has 6 nitrogen and oxygen atoms in total. The molecule has 2 aromatic rings. The molecule has 3 rings (SSSR count). The number of nitrogens with one attached hydrogen (secondary N) is 2. The summed E-state index contributed by atoms with van der Waals surface area (Å²) in [7, 11) is 0. The molecule has 116 valence electrons. The van der Waals surface area contributed by atoms with Crippen LogP contribution in [0, 0.1) is 6.92 Å². The number of hydrogen-bond acceptors (Lipinski definition) is 5. The van der Waals surface area contributed by atoms with Gasteiger partial charge in [0.25, 0.3) is 5.91 Å². The molecule has 0 unspecified atom stereocenters. The maximum absolute atomic E-state index is 12.4. The van der Waals surface area contributed by atoms with Crippen molar-refractivity contribution in [2.75, 3.05) is 6.54 Å². The molecule has 1 fully saturated rings. The molecule has 22 heavy (non-hydrogen) atoms. The zero-order valence-corrected chi connectivity index (χ0v) is 13.0. The fraction of sp³-hybridized carbons (Fsp3) is 0.400. The Kier molecular flexibility index (Phi) is 4.24. The first-order valence-corrected chi connectivity index (χ1v) is 8.13. The van der Waals surface area contributed by atoms with Crippen LogP contribution in [0.15, 0.2) is 21.9 Å². The lowest BCUT2D eigenvalue weighted by molar-refractivity contribution is -0.122. The van der Waals surface area contributed by atoms with E-state index in [0.29, 0.717) is 24.6 Å². The van der Waals surface area contributed by atoms with Crippen molar-refractivity contribution >= 4 is 23.2 Å². The third-order valence-electron chi connectivity index (χ3n) is 3.58. The van der Waals surface area contributed by atoms with E-state index in [1.807, 2.05) is 17.5 Å². The van der Waals surface area contributed by atoms with Crippen LogP contribution >= 0.6 is 11.3 Å². The second-order valence-electron chi connectivity index (χ2n) is 5.21. The van der Waals surface area contributed by atoms with Gasteiger partial charge in [0.15, 0.2) is 5.69 Å². The van der Waals surface area contributed by atoms with E-state index < -0.39 is 6.04 Å². The molecule has 2 amide bonds. The Hall–Kier alpha value is -2.15. The van der Waals surface area contributed by atoms with E-state index in [1.54, 1.807) is 6.92 Å². The molecular formula is C15H17N3O3S. The van der Waals surface area contributed by atoms with E-state index in [0.717, 1.165) is 17.7 Å². The molecule has 1 aliphatic rings. The minimum absolute atomic E-state index is 0.134. The predicted molar refractivity (Wildman–Crippen MR) is 82.7 cm³/mol. The van der Waals surface area contributed by atoms with Crippen LogP contribution in [0.5, 0.6) is 0 Å². The van der Waals surface area contributed by atoms with Gasteiger partial charge < -0.3 is 15.1 Å². The zero-order chi connectivity index (χ0) is 15.5. The quantitative estimate of drug-likeness (QED) is 0.907. The largest absolute Gasteiger partial charge is 0.440 e. The monoisotopic (exact) mass is 319 g/mol. The number of carbonyl (C=O) groups is 2. The van der Waals surface area contributed by atoms with Gasteiger partial charge in [-0.25, -0.2) is 4.98 Å². The second-order valence-corrected chi connectivity index (χ2v) is 6.16. The van der Waals surface area contributed by atoms with Crippen molar-refractivity contribution in [3.05, 3.63) is 29.0 Å². The number of amides is 2. The maximum Gasteiger partial charge on any atom is 0.274 e. The molecule has 3 heterocycles. The third-order valence-corrected chi connectivity index (χ3v) is 4.44. The van der Waals surface area contributed by atoms with E-state index in [-0.39, 0.29) is 17.5 Å². The van der Waals surface area contributed by atoms with Gasteiger partial charge in [0.05, 0.1) is 4.88 Å². The molecule has 2 N–H and O–H groups in total. The molecule has 0 bridgehead atoms. The number of aromatic nitrogens is 1. The lowest BCUT2D eigenvalue weighted by Crippen LogP contribution is -2.45. The number of rotatable bonds is 3.